The third-order valence-electron chi connectivity index (χ3n) is 3.12. The fourth-order valence-electron chi connectivity index (χ4n) is 2.01. The topological polar surface area (TPSA) is 50.4 Å². The van der Waals surface area contributed by atoms with E-state index in [0.29, 0.717) is 6.54 Å². The van der Waals surface area contributed by atoms with Gasteiger partial charge in [0.05, 0.1) is 7.11 Å². The van der Waals surface area contributed by atoms with Crippen molar-refractivity contribution in [2.24, 2.45) is 0 Å². The molecule has 2 aromatic carbocycles. The average Bonchev–Trinajstić information content (AvgIpc) is 2.53. The molecule has 0 aliphatic heterocycles. The molecule has 2 aromatic rings. The number of benzene rings is 2. The molecule has 2 rings (SSSR count). The molecule has 114 valence electrons. The van der Waals surface area contributed by atoms with E-state index < -0.39 is 0 Å². The monoisotopic (exact) mass is 296 g/mol. The normalized spacial score (nSPS) is 10.5. The Bertz CT molecular complexity index is 666. The van der Waals surface area contributed by atoms with Crippen molar-refractivity contribution in [3.63, 3.8) is 0 Å². The highest BCUT2D eigenvalue weighted by atomic mass is 16.5. The molecule has 0 radical (unpaired) electrons. The number of carbonyl (C=O) groups excluding carboxylic acids is 1. The average molecular weight is 296 g/mol. The molecule has 0 aliphatic carbocycles. The quantitative estimate of drug-likeness (QED) is 0.887. The minimum atomic E-state index is -0.236. The number of hydrogen-bond donors (Lipinski definition) is 2. The zero-order valence-corrected chi connectivity index (χ0v) is 12.8. The number of aryl methyl sites for hydroxylation is 1. The number of carbonyl (C=O) groups is 1. The van der Waals surface area contributed by atoms with Crippen LogP contribution < -0.4 is 15.4 Å². The lowest BCUT2D eigenvalue weighted by Crippen LogP contribution is -2.31. The van der Waals surface area contributed by atoms with Gasteiger partial charge in [-0.1, -0.05) is 42.0 Å². The summed E-state index contributed by atoms with van der Waals surface area (Å²) < 4.78 is 5.15. The van der Waals surface area contributed by atoms with E-state index in [-0.39, 0.29) is 6.03 Å². The molecule has 22 heavy (non-hydrogen) atoms. The Balaban J connectivity index is 1.81. The van der Waals surface area contributed by atoms with E-state index in [2.05, 4.69) is 10.6 Å². The highest BCUT2D eigenvalue weighted by Gasteiger charge is 1.98. The van der Waals surface area contributed by atoms with Crippen LogP contribution in [0.1, 0.15) is 16.7 Å². The van der Waals surface area contributed by atoms with E-state index in [9.17, 15) is 4.79 Å². The van der Waals surface area contributed by atoms with Gasteiger partial charge in [-0.3, -0.25) is 0 Å². The summed E-state index contributed by atoms with van der Waals surface area (Å²) in [5.74, 6) is 0.783. The van der Waals surface area contributed by atoms with Crippen LogP contribution in [0.3, 0.4) is 0 Å². The lowest BCUT2D eigenvalue weighted by atomic mass is 10.1. The van der Waals surface area contributed by atoms with Gasteiger partial charge in [0.1, 0.15) is 5.75 Å². The Hall–Kier alpha value is -2.75. The highest BCUT2D eigenvalue weighted by Crippen LogP contribution is 2.13. The lowest BCUT2D eigenvalue weighted by molar-refractivity contribution is 0.244. The summed E-state index contributed by atoms with van der Waals surface area (Å²) in [7, 11) is 1.62. The van der Waals surface area contributed by atoms with Crippen molar-refractivity contribution in [1.29, 1.82) is 0 Å². The molecule has 0 fully saturated rings. The van der Waals surface area contributed by atoms with Crippen molar-refractivity contribution in [1.82, 2.24) is 10.6 Å². The van der Waals surface area contributed by atoms with Crippen LogP contribution in [-0.2, 0) is 6.54 Å². The molecule has 0 heterocycles. The van der Waals surface area contributed by atoms with Crippen molar-refractivity contribution in [2.45, 2.75) is 13.5 Å². The Morgan fingerprint density at radius 3 is 2.77 bits per heavy atom. The zero-order valence-electron chi connectivity index (χ0n) is 12.8. The van der Waals surface area contributed by atoms with Crippen molar-refractivity contribution in [3.05, 3.63) is 71.4 Å². The summed E-state index contributed by atoms with van der Waals surface area (Å²) in [6, 6.07) is 15.4. The molecule has 0 atom stereocenters. The first-order chi connectivity index (χ1) is 10.7. The zero-order chi connectivity index (χ0) is 15.8. The molecule has 0 aliphatic rings. The standard InChI is InChI=1S/C18H20N2O2/c1-14-5-3-7-16(11-14)13-20-18(21)19-10-9-15-6-4-8-17(12-15)22-2/h3-12H,13H2,1-2H3,(H2,19,20,21)/b10-9+. The summed E-state index contributed by atoms with van der Waals surface area (Å²) in [4.78, 5) is 11.7. The molecule has 0 bridgehead atoms. The van der Waals surface area contributed by atoms with Gasteiger partial charge in [0.2, 0.25) is 0 Å². The molecule has 2 N–H and O–H groups in total. The molecule has 4 heteroatoms. The maximum absolute atomic E-state index is 11.7. The third kappa shape index (κ3) is 4.98. The summed E-state index contributed by atoms with van der Waals surface area (Å²) in [6.07, 6.45) is 3.43. The second kappa shape index (κ2) is 7.88. The first-order valence-electron chi connectivity index (χ1n) is 7.08. The summed E-state index contributed by atoms with van der Waals surface area (Å²) in [6.45, 7) is 2.53. The number of hydrogen-bond acceptors (Lipinski definition) is 2. The molecular formula is C18H20N2O2. The maximum Gasteiger partial charge on any atom is 0.319 e. The molecule has 2 amide bonds. The Morgan fingerprint density at radius 2 is 2.00 bits per heavy atom. The smallest absolute Gasteiger partial charge is 0.319 e. The van der Waals surface area contributed by atoms with Crippen LogP contribution >= 0.6 is 0 Å². The molecule has 0 aromatic heterocycles. The fourth-order valence-corrected chi connectivity index (χ4v) is 2.01. The van der Waals surface area contributed by atoms with E-state index in [1.165, 1.54) is 5.56 Å². The van der Waals surface area contributed by atoms with Gasteiger partial charge in [-0.15, -0.1) is 0 Å². The number of methoxy groups -OCH3 is 1. The number of urea groups is 1. The number of rotatable bonds is 5. The van der Waals surface area contributed by atoms with Gasteiger partial charge < -0.3 is 15.4 Å². The molecule has 0 unspecified atom stereocenters. The molecule has 0 spiro atoms. The van der Waals surface area contributed by atoms with Gasteiger partial charge in [0.25, 0.3) is 0 Å². The van der Waals surface area contributed by atoms with Gasteiger partial charge in [0.15, 0.2) is 0 Å². The fraction of sp³-hybridized carbons (Fsp3) is 0.167. The van der Waals surface area contributed by atoms with Crippen molar-refractivity contribution in [2.75, 3.05) is 7.11 Å². The second-order valence-corrected chi connectivity index (χ2v) is 4.93. The molecule has 0 saturated carbocycles. The molecular weight excluding hydrogens is 276 g/mol. The van der Waals surface area contributed by atoms with E-state index >= 15 is 0 Å². The minimum absolute atomic E-state index is 0.236. The molecule has 0 saturated heterocycles. The van der Waals surface area contributed by atoms with E-state index in [4.69, 9.17) is 4.74 Å². The molecule has 4 nitrogen and oxygen atoms in total. The Kier molecular flexibility index (Phi) is 5.60. The van der Waals surface area contributed by atoms with E-state index in [1.807, 2.05) is 61.5 Å². The van der Waals surface area contributed by atoms with Crippen LogP contribution in [0.2, 0.25) is 0 Å². The van der Waals surface area contributed by atoms with Crippen LogP contribution in [0.4, 0.5) is 4.79 Å². The number of ether oxygens (including phenoxy) is 1. The van der Waals surface area contributed by atoms with Gasteiger partial charge in [-0.05, 0) is 36.3 Å². The highest BCUT2D eigenvalue weighted by molar-refractivity contribution is 5.75. The van der Waals surface area contributed by atoms with Crippen LogP contribution in [0, 0.1) is 6.92 Å². The summed E-state index contributed by atoms with van der Waals surface area (Å²) >= 11 is 0. The Labute approximate surface area is 130 Å². The van der Waals surface area contributed by atoms with Crippen molar-refractivity contribution in [3.8, 4) is 5.75 Å². The maximum atomic E-state index is 11.7. The van der Waals surface area contributed by atoms with Gasteiger partial charge >= 0.3 is 6.03 Å². The third-order valence-corrected chi connectivity index (χ3v) is 3.12. The van der Waals surface area contributed by atoms with Gasteiger partial charge in [-0.25, -0.2) is 4.79 Å². The summed E-state index contributed by atoms with van der Waals surface area (Å²) in [5.41, 5.74) is 3.21. The largest absolute Gasteiger partial charge is 0.497 e. The lowest BCUT2D eigenvalue weighted by Gasteiger charge is -2.05. The second-order valence-electron chi connectivity index (χ2n) is 4.93. The predicted molar refractivity (Wildman–Crippen MR) is 88.6 cm³/mol. The SMILES string of the molecule is COc1cccc(/C=C/NC(=O)NCc2cccc(C)c2)c1. The number of amides is 2. The van der Waals surface area contributed by atoms with Gasteiger partial charge in [-0.2, -0.15) is 0 Å². The van der Waals surface area contributed by atoms with Crippen LogP contribution in [0.15, 0.2) is 54.7 Å². The van der Waals surface area contributed by atoms with Crippen molar-refractivity contribution < 1.29 is 9.53 Å². The van der Waals surface area contributed by atoms with Crippen LogP contribution in [0.25, 0.3) is 6.08 Å². The Morgan fingerprint density at radius 1 is 1.18 bits per heavy atom. The van der Waals surface area contributed by atoms with Gasteiger partial charge in [0, 0.05) is 12.7 Å². The van der Waals surface area contributed by atoms with Crippen LogP contribution in [-0.4, -0.2) is 13.1 Å². The number of nitrogens with one attached hydrogen (secondary N) is 2. The minimum Gasteiger partial charge on any atom is -0.497 e. The van der Waals surface area contributed by atoms with Crippen molar-refractivity contribution >= 4 is 12.1 Å². The first kappa shape index (κ1) is 15.6. The first-order valence-corrected chi connectivity index (χ1v) is 7.08. The van der Waals surface area contributed by atoms with Crippen LogP contribution in [0.5, 0.6) is 5.75 Å². The predicted octanol–water partition coefficient (Wildman–Crippen LogP) is 3.47. The van der Waals surface area contributed by atoms with E-state index in [0.717, 1.165) is 16.9 Å². The van der Waals surface area contributed by atoms with E-state index in [1.54, 1.807) is 13.3 Å². The summed E-state index contributed by atoms with van der Waals surface area (Å²) in [5, 5.41) is 5.49.